The summed E-state index contributed by atoms with van der Waals surface area (Å²) in [6, 6.07) is 3.79. The molecule has 0 aliphatic carbocycles. The van der Waals surface area contributed by atoms with E-state index in [0.717, 1.165) is 11.1 Å². The third kappa shape index (κ3) is 1.82. The number of hydrogen-bond donors (Lipinski definition) is 1. The molecular weight excluding hydrogens is 276 g/mol. The molecule has 0 spiro atoms. The summed E-state index contributed by atoms with van der Waals surface area (Å²) < 4.78 is 1.31. The van der Waals surface area contributed by atoms with Crippen molar-refractivity contribution < 1.29 is 0 Å². The molecule has 3 rings (SSSR count). The van der Waals surface area contributed by atoms with Crippen LogP contribution >= 0.6 is 11.6 Å². The second-order valence-corrected chi connectivity index (χ2v) is 5.22. The van der Waals surface area contributed by atoms with Crippen LogP contribution in [0.5, 0.6) is 0 Å². The fourth-order valence-corrected chi connectivity index (χ4v) is 2.56. The number of aromatic nitrogens is 4. The molecule has 0 radical (unpaired) electrons. The fourth-order valence-electron chi connectivity index (χ4n) is 2.24. The smallest absolute Gasteiger partial charge is 0.278 e. The molecule has 0 bridgehead atoms. The summed E-state index contributed by atoms with van der Waals surface area (Å²) >= 11 is 6.30. The molecule has 1 N–H and O–H groups in total. The number of halogens is 1. The monoisotopic (exact) mass is 288 g/mol. The number of nitrogens with one attached hydrogen (secondary N) is 1. The zero-order chi connectivity index (χ0) is 14.4. The van der Waals surface area contributed by atoms with Gasteiger partial charge in [-0.15, -0.1) is 0 Å². The topological polar surface area (TPSA) is 63.1 Å². The molecule has 0 atom stereocenters. The zero-order valence-electron chi connectivity index (χ0n) is 11.4. The highest BCUT2D eigenvalue weighted by atomic mass is 35.5. The van der Waals surface area contributed by atoms with Crippen LogP contribution in [0.25, 0.3) is 16.9 Å². The van der Waals surface area contributed by atoms with Crippen molar-refractivity contribution in [3.05, 3.63) is 50.7 Å². The Bertz CT molecular complexity index is 879. The van der Waals surface area contributed by atoms with E-state index in [1.165, 1.54) is 10.8 Å². The Labute approximate surface area is 120 Å². The van der Waals surface area contributed by atoms with Crippen LogP contribution in [0.4, 0.5) is 0 Å². The highest BCUT2D eigenvalue weighted by Gasteiger charge is 2.16. The van der Waals surface area contributed by atoms with Crippen LogP contribution in [-0.2, 0) is 0 Å². The van der Waals surface area contributed by atoms with Crippen LogP contribution in [-0.4, -0.2) is 19.6 Å². The number of aryl methyl sites for hydroxylation is 3. The molecule has 0 aliphatic rings. The summed E-state index contributed by atoms with van der Waals surface area (Å²) in [5.41, 5.74) is 3.79. The number of nitrogens with zero attached hydrogens (tertiary/aromatic N) is 3. The third-order valence-electron chi connectivity index (χ3n) is 3.47. The Morgan fingerprint density at radius 3 is 2.65 bits per heavy atom. The summed E-state index contributed by atoms with van der Waals surface area (Å²) in [5, 5.41) is 3.31. The van der Waals surface area contributed by atoms with Crippen LogP contribution in [0.2, 0.25) is 5.02 Å². The van der Waals surface area contributed by atoms with Crippen molar-refractivity contribution in [2.75, 3.05) is 0 Å². The summed E-state index contributed by atoms with van der Waals surface area (Å²) in [6.45, 7) is 5.77. The van der Waals surface area contributed by atoms with Gasteiger partial charge >= 0.3 is 0 Å². The van der Waals surface area contributed by atoms with E-state index in [0.29, 0.717) is 27.6 Å². The Hall–Kier alpha value is -2.14. The van der Waals surface area contributed by atoms with Gasteiger partial charge in [-0.2, -0.15) is 4.52 Å². The first-order chi connectivity index (χ1) is 9.49. The van der Waals surface area contributed by atoms with E-state index < -0.39 is 0 Å². The van der Waals surface area contributed by atoms with E-state index in [1.807, 2.05) is 26.0 Å². The molecule has 1 aromatic carbocycles. The van der Waals surface area contributed by atoms with Crippen molar-refractivity contribution in [3.63, 3.8) is 0 Å². The summed E-state index contributed by atoms with van der Waals surface area (Å²) in [7, 11) is 0. The minimum atomic E-state index is -0.199. The summed E-state index contributed by atoms with van der Waals surface area (Å²) in [5.74, 6) is 0.358. The zero-order valence-corrected chi connectivity index (χ0v) is 12.1. The molecule has 0 saturated heterocycles. The van der Waals surface area contributed by atoms with E-state index in [2.05, 4.69) is 15.1 Å². The lowest BCUT2D eigenvalue weighted by Crippen LogP contribution is -2.19. The summed E-state index contributed by atoms with van der Waals surface area (Å²) in [4.78, 5) is 20.9. The van der Waals surface area contributed by atoms with Gasteiger partial charge in [-0.1, -0.05) is 11.6 Å². The molecule has 6 heteroatoms. The maximum Gasteiger partial charge on any atom is 0.282 e. The number of aromatic amines is 1. The van der Waals surface area contributed by atoms with Crippen molar-refractivity contribution in [3.8, 4) is 11.1 Å². The lowest BCUT2D eigenvalue weighted by Gasteiger charge is -2.10. The fraction of sp³-hybridized carbons (Fsp3) is 0.214. The number of H-pyrrole nitrogens is 1. The second-order valence-electron chi connectivity index (χ2n) is 4.82. The van der Waals surface area contributed by atoms with E-state index in [4.69, 9.17) is 11.6 Å². The van der Waals surface area contributed by atoms with Gasteiger partial charge in [0.05, 0.1) is 11.3 Å². The van der Waals surface area contributed by atoms with Crippen LogP contribution in [0.15, 0.2) is 23.3 Å². The normalized spacial score (nSPS) is 11.2. The van der Waals surface area contributed by atoms with Crippen molar-refractivity contribution in [2.45, 2.75) is 20.8 Å². The number of rotatable bonds is 1. The van der Waals surface area contributed by atoms with Gasteiger partial charge in [0.15, 0.2) is 0 Å². The molecule has 0 unspecified atom stereocenters. The van der Waals surface area contributed by atoms with Gasteiger partial charge in [0, 0.05) is 10.6 Å². The van der Waals surface area contributed by atoms with Gasteiger partial charge in [-0.05, 0) is 44.0 Å². The van der Waals surface area contributed by atoms with E-state index in [-0.39, 0.29) is 5.56 Å². The Morgan fingerprint density at radius 1 is 1.20 bits per heavy atom. The molecule has 0 fully saturated rings. The van der Waals surface area contributed by atoms with E-state index >= 15 is 0 Å². The van der Waals surface area contributed by atoms with Gasteiger partial charge in [-0.25, -0.2) is 9.97 Å². The highest BCUT2D eigenvalue weighted by molar-refractivity contribution is 6.33. The SMILES string of the molecule is Cc1cc(Cl)c(-c2c(C)nc3nc[nH]n3c2=O)cc1C. The van der Waals surface area contributed by atoms with Gasteiger partial charge < -0.3 is 0 Å². The van der Waals surface area contributed by atoms with Crippen LogP contribution in [0.3, 0.4) is 0 Å². The first-order valence-electron chi connectivity index (χ1n) is 6.19. The number of benzene rings is 1. The standard InChI is InChI=1S/C14H13ClN4O/c1-7-4-10(11(15)5-8(7)2)12-9(3)18-14-16-6-17-19(14)13(12)20/h4-6H,1-3H3,(H,16,17,18). The quantitative estimate of drug-likeness (QED) is 0.749. The first kappa shape index (κ1) is 12.9. The van der Waals surface area contributed by atoms with Crippen molar-refractivity contribution >= 4 is 17.4 Å². The lowest BCUT2D eigenvalue weighted by atomic mass is 10.0. The van der Waals surface area contributed by atoms with Crippen LogP contribution in [0, 0.1) is 20.8 Å². The predicted molar refractivity (Wildman–Crippen MR) is 78.3 cm³/mol. The molecule has 2 aromatic heterocycles. The molecule has 0 saturated carbocycles. The number of hydrogen-bond acceptors (Lipinski definition) is 3. The van der Waals surface area contributed by atoms with Gasteiger partial charge in [0.25, 0.3) is 11.3 Å². The maximum absolute atomic E-state index is 12.6. The lowest BCUT2D eigenvalue weighted by molar-refractivity contribution is 0.892. The first-order valence-corrected chi connectivity index (χ1v) is 6.56. The van der Waals surface area contributed by atoms with Gasteiger partial charge in [0.2, 0.25) is 0 Å². The predicted octanol–water partition coefficient (Wildman–Crippen LogP) is 2.66. The molecule has 2 heterocycles. The summed E-state index contributed by atoms with van der Waals surface area (Å²) in [6.07, 6.45) is 1.44. The Balaban J connectivity index is 2.40. The largest absolute Gasteiger partial charge is 0.282 e. The maximum atomic E-state index is 12.6. The number of fused-ring (bicyclic) bond motifs is 1. The molecule has 0 amide bonds. The van der Waals surface area contributed by atoms with Crippen molar-refractivity contribution in [2.24, 2.45) is 0 Å². The van der Waals surface area contributed by atoms with E-state index in [1.54, 1.807) is 6.92 Å². The van der Waals surface area contributed by atoms with Crippen LogP contribution in [0.1, 0.15) is 16.8 Å². The van der Waals surface area contributed by atoms with Crippen molar-refractivity contribution in [1.29, 1.82) is 0 Å². The highest BCUT2D eigenvalue weighted by Crippen LogP contribution is 2.30. The second kappa shape index (κ2) is 4.45. The van der Waals surface area contributed by atoms with E-state index in [9.17, 15) is 4.79 Å². The molecule has 102 valence electrons. The molecule has 5 nitrogen and oxygen atoms in total. The van der Waals surface area contributed by atoms with Crippen molar-refractivity contribution in [1.82, 2.24) is 19.6 Å². The van der Waals surface area contributed by atoms with Gasteiger partial charge in [-0.3, -0.25) is 9.89 Å². The average Bonchev–Trinajstić information content (AvgIpc) is 2.83. The molecule has 0 aliphatic heterocycles. The average molecular weight is 289 g/mol. The Kier molecular flexibility index (Phi) is 2.87. The minimum Gasteiger partial charge on any atom is -0.278 e. The molecular formula is C14H13ClN4O. The molecule has 20 heavy (non-hydrogen) atoms. The third-order valence-corrected chi connectivity index (χ3v) is 3.78. The molecule has 3 aromatic rings. The van der Waals surface area contributed by atoms with Crippen LogP contribution < -0.4 is 5.56 Å². The van der Waals surface area contributed by atoms with Gasteiger partial charge in [0.1, 0.15) is 6.33 Å². The Morgan fingerprint density at radius 2 is 1.90 bits per heavy atom. The minimum absolute atomic E-state index is 0.199.